The first-order chi connectivity index (χ1) is 18.6. The first-order valence-electron chi connectivity index (χ1n) is 13.9. The lowest BCUT2D eigenvalue weighted by atomic mass is 9.99. The molecular formula is C32H45N3O4. The molecule has 0 spiro atoms. The molecule has 39 heavy (non-hydrogen) atoms. The highest BCUT2D eigenvalue weighted by molar-refractivity contribution is 5.92. The second-order valence-corrected chi connectivity index (χ2v) is 10.7. The molecule has 7 heteroatoms. The summed E-state index contributed by atoms with van der Waals surface area (Å²) >= 11 is 0. The molecule has 0 saturated heterocycles. The Bertz CT molecular complexity index is 1060. The molecule has 3 amide bonds. The molecular weight excluding hydrogens is 490 g/mol. The number of benzene rings is 2. The molecule has 0 aliphatic rings. The molecule has 2 unspecified atom stereocenters. The van der Waals surface area contributed by atoms with Gasteiger partial charge in [0.05, 0.1) is 0 Å². The van der Waals surface area contributed by atoms with E-state index in [2.05, 4.69) is 31.1 Å². The number of nitrogens with zero attached hydrogens (tertiary/aromatic N) is 1. The monoisotopic (exact) mass is 535 g/mol. The van der Waals surface area contributed by atoms with Gasteiger partial charge in [-0.05, 0) is 50.3 Å². The van der Waals surface area contributed by atoms with Gasteiger partial charge in [0.25, 0.3) is 0 Å². The SMILES string of the molecule is C=CCN(C(=O)C(Cc1ccccc1)NC(=O)OC(C)(C)C)C(C(=O)NCCCCC)c1ccc(CC)cc1. The van der Waals surface area contributed by atoms with Gasteiger partial charge >= 0.3 is 6.09 Å². The summed E-state index contributed by atoms with van der Waals surface area (Å²) in [6.07, 6.45) is 4.91. The number of carbonyl (C=O) groups excluding carboxylic acids is 3. The second-order valence-electron chi connectivity index (χ2n) is 10.7. The molecule has 0 aromatic heterocycles. The van der Waals surface area contributed by atoms with Crippen LogP contribution < -0.4 is 10.6 Å². The van der Waals surface area contributed by atoms with Crippen molar-refractivity contribution >= 4 is 17.9 Å². The Balaban J connectivity index is 2.47. The molecule has 0 fully saturated rings. The molecule has 0 aliphatic heterocycles. The normalized spacial score (nSPS) is 12.6. The van der Waals surface area contributed by atoms with Crippen LogP contribution in [-0.4, -0.2) is 47.5 Å². The fourth-order valence-electron chi connectivity index (χ4n) is 4.25. The van der Waals surface area contributed by atoms with Crippen molar-refractivity contribution in [1.29, 1.82) is 0 Å². The van der Waals surface area contributed by atoms with Gasteiger partial charge in [0, 0.05) is 19.5 Å². The zero-order valence-electron chi connectivity index (χ0n) is 24.2. The van der Waals surface area contributed by atoms with Crippen molar-refractivity contribution in [2.45, 2.75) is 84.4 Å². The molecule has 0 aliphatic carbocycles. The van der Waals surface area contributed by atoms with E-state index in [9.17, 15) is 14.4 Å². The highest BCUT2D eigenvalue weighted by Crippen LogP contribution is 2.24. The summed E-state index contributed by atoms with van der Waals surface area (Å²) in [6, 6.07) is 15.4. The zero-order chi connectivity index (χ0) is 28.8. The largest absolute Gasteiger partial charge is 0.444 e. The van der Waals surface area contributed by atoms with E-state index >= 15 is 0 Å². The summed E-state index contributed by atoms with van der Waals surface area (Å²) in [4.78, 5) is 42.1. The van der Waals surface area contributed by atoms with Crippen LogP contribution in [0.3, 0.4) is 0 Å². The van der Waals surface area contributed by atoms with Crippen LogP contribution in [0.2, 0.25) is 0 Å². The van der Waals surface area contributed by atoms with Crippen LogP contribution in [0.4, 0.5) is 4.79 Å². The van der Waals surface area contributed by atoms with Crippen LogP contribution in [-0.2, 0) is 27.2 Å². The number of alkyl carbamates (subject to hydrolysis) is 1. The molecule has 2 aromatic carbocycles. The Morgan fingerprint density at radius 1 is 0.974 bits per heavy atom. The standard InChI is InChI=1S/C32H45N3O4/c1-7-10-14-21-33-29(36)28(26-19-17-24(9-3)18-20-26)35(22-8-2)30(37)27(23-25-15-12-11-13-16-25)34-31(38)39-32(4,5)6/h8,11-13,15-20,27-28H,2,7,9-10,14,21-23H2,1,3-6H3,(H,33,36)(H,34,38). The van der Waals surface area contributed by atoms with Gasteiger partial charge in [-0.3, -0.25) is 9.59 Å². The average molecular weight is 536 g/mol. The number of hydrogen-bond acceptors (Lipinski definition) is 4. The summed E-state index contributed by atoms with van der Waals surface area (Å²) in [5.74, 6) is -0.654. The maximum atomic E-state index is 14.2. The van der Waals surface area contributed by atoms with E-state index in [1.807, 2.05) is 54.6 Å². The molecule has 212 valence electrons. The van der Waals surface area contributed by atoms with Crippen molar-refractivity contribution < 1.29 is 19.1 Å². The van der Waals surface area contributed by atoms with E-state index in [1.54, 1.807) is 26.8 Å². The molecule has 2 N–H and O–H groups in total. The third kappa shape index (κ3) is 10.6. The number of nitrogens with one attached hydrogen (secondary N) is 2. The van der Waals surface area contributed by atoms with Crippen LogP contribution in [0.5, 0.6) is 0 Å². The van der Waals surface area contributed by atoms with Crippen molar-refractivity contribution in [2.24, 2.45) is 0 Å². The van der Waals surface area contributed by atoms with Gasteiger partial charge in [-0.1, -0.05) is 87.4 Å². The molecule has 0 saturated carbocycles. The van der Waals surface area contributed by atoms with E-state index in [4.69, 9.17) is 4.74 Å². The van der Waals surface area contributed by atoms with Crippen LogP contribution >= 0.6 is 0 Å². The van der Waals surface area contributed by atoms with E-state index in [0.29, 0.717) is 12.1 Å². The molecule has 2 rings (SSSR count). The fourth-order valence-corrected chi connectivity index (χ4v) is 4.25. The van der Waals surface area contributed by atoms with Gasteiger partial charge in [0.2, 0.25) is 11.8 Å². The van der Waals surface area contributed by atoms with Crippen molar-refractivity contribution in [2.75, 3.05) is 13.1 Å². The first-order valence-corrected chi connectivity index (χ1v) is 13.9. The predicted octanol–water partition coefficient (Wildman–Crippen LogP) is 5.75. The Kier molecular flexibility index (Phi) is 12.7. The summed E-state index contributed by atoms with van der Waals surface area (Å²) < 4.78 is 5.47. The number of ether oxygens (including phenoxy) is 1. The molecule has 0 bridgehead atoms. The Labute approximate surface area is 234 Å². The molecule has 7 nitrogen and oxygen atoms in total. The quantitative estimate of drug-likeness (QED) is 0.238. The van der Waals surface area contributed by atoms with Crippen molar-refractivity contribution in [3.63, 3.8) is 0 Å². The van der Waals surface area contributed by atoms with Crippen molar-refractivity contribution in [3.05, 3.63) is 83.9 Å². The predicted molar refractivity (Wildman–Crippen MR) is 156 cm³/mol. The number of unbranched alkanes of at least 4 members (excludes halogenated alkanes) is 2. The molecule has 2 aromatic rings. The minimum atomic E-state index is -0.951. The van der Waals surface area contributed by atoms with Gasteiger partial charge in [0.1, 0.15) is 17.7 Å². The summed E-state index contributed by atoms with van der Waals surface area (Å²) in [5.41, 5.74) is 1.98. The summed E-state index contributed by atoms with van der Waals surface area (Å²) in [7, 11) is 0. The summed E-state index contributed by atoms with van der Waals surface area (Å²) in [5, 5.41) is 5.79. The zero-order valence-corrected chi connectivity index (χ0v) is 24.2. The minimum Gasteiger partial charge on any atom is -0.444 e. The average Bonchev–Trinajstić information content (AvgIpc) is 2.90. The van der Waals surface area contributed by atoms with Gasteiger partial charge in [0.15, 0.2) is 0 Å². The fraction of sp³-hybridized carbons (Fsp3) is 0.469. The first kappa shape index (κ1) is 31.6. The van der Waals surface area contributed by atoms with Crippen molar-refractivity contribution in [1.82, 2.24) is 15.5 Å². The number of hydrogen-bond donors (Lipinski definition) is 2. The van der Waals surface area contributed by atoms with Gasteiger partial charge < -0.3 is 20.3 Å². The molecule has 0 heterocycles. The number of carbonyl (C=O) groups is 3. The number of amides is 3. The number of rotatable bonds is 14. The summed E-state index contributed by atoms with van der Waals surface area (Å²) in [6.45, 7) is 14.0. The van der Waals surface area contributed by atoms with Crippen LogP contribution in [0.25, 0.3) is 0 Å². The van der Waals surface area contributed by atoms with E-state index in [-0.39, 0.29) is 18.9 Å². The Morgan fingerprint density at radius 3 is 2.21 bits per heavy atom. The van der Waals surface area contributed by atoms with Crippen molar-refractivity contribution in [3.8, 4) is 0 Å². The van der Waals surface area contributed by atoms with E-state index in [0.717, 1.165) is 36.8 Å². The highest BCUT2D eigenvalue weighted by atomic mass is 16.6. The highest BCUT2D eigenvalue weighted by Gasteiger charge is 2.35. The third-order valence-electron chi connectivity index (χ3n) is 6.22. The van der Waals surface area contributed by atoms with Crippen LogP contribution in [0.15, 0.2) is 67.3 Å². The lowest BCUT2D eigenvalue weighted by Crippen LogP contribution is -2.54. The molecule has 0 radical (unpaired) electrons. The smallest absolute Gasteiger partial charge is 0.408 e. The van der Waals surface area contributed by atoms with Crippen LogP contribution in [0.1, 0.15) is 76.6 Å². The second kappa shape index (κ2) is 15.7. The van der Waals surface area contributed by atoms with Gasteiger partial charge in [-0.2, -0.15) is 0 Å². The van der Waals surface area contributed by atoms with Crippen LogP contribution in [0, 0.1) is 0 Å². The third-order valence-corrected chi connectivity index (χ3v) is 6.22. The lowest BCUT2D eigenvalue weighted by molar-refractivity contribution is -0.141. The van der Waals surface area contributed by atoms with Gasteiger partial charge in [-0.15, -0.1) is 6.58 Å². The number of aryl methyl sites for hydroxylation is 1. The van der Waals surface area contributed by atoms with E-state index < -0.39 is 29.7 Å². The van der Waals surface area contributed by atoms with E-state index in [1.165, 1.54) is 4.90 Å². The molecule has 2 atom stereocenters. The topological polar surface area (TPSA) is 87.7 Å². The Morgan fingerprint density at radius 2 is 1.64 bits per heavy atom. The van der Waals surface area contributed by atoms with Gasteiger partial charge in [-0.25, -0.2) is 4.79 Å². The maximum Gasteiger partial charge on any atom is 0.408 e. The lowest BCUT2D eigenvalue weighted by Gasteiger charge is -2.34. The Hall–Kier alpha value is -3.61. The minimum absolute atomic E-state index is 0.128. The maximum absolute atomic E-state index is 14.2.